The lowest BCUT2D eigenvalue weighted by atomic mass is 10.1. The number of furan rings is 1. The van der Waals surface area contributed by atoms with Gasteiger partial charge in [0.15, 0.2) is 0 Å². The average Bonchev–Trinajstić information content (AvgIpc) is 2.70. The van der Waals surface area contributed by atoms with E-state index in [0.29, 0.717) is 6.54 Å². The number of hydrogen-bond acceptors (Lipinski definition) is 3. The van der Waals surface area contributed by atoms with E-state index < -0.39 is 18.0 Å². The van der Waals surface area contributed by atoms with Gasteiger partial charge in [-0.1, -0.05) is 13.8 Å². The van der Waals surface area contributed by atoms with E-state index in [9.17, 15) is 9.59 Å². The second kappa shape index (κ2) is 6.26. The highest BCUT2D eigenvalue weighted by molar-refractivity contribution is 5.82. The molecule has 0 aromatic carbocycles. The number of carbonyl (C=O) groups excluding carboxylic acids is 1. The highest BCUT2D eigenvalue weighted by Gasteiger charge is 2.25. The van der Waals surface area contributed by atoms with E-state index >= 15 is 0 Å². The minimum atomic E-state index is -1.03. The topological polar surface area (TPSA) is 82.8 Å². The summed E-state index contributed by atoms with van der Waals surface area (Å²) in [7, 11) is 1.61. The maximum Gasteiger partial charge on any atom is 0.326 e. The number of hydrogen-bond donors (Lipinski definition) is 2. The average molecular weight is 268 g/mol. The van der Waals surface area contributed by atoms with Gasteiger partial charge in [0.2, 0.25) is 0 Å². The maximum absolute atomic E-state index is 11.9. The molecule has 0 aliphatic carbocycles. The summed E-state index contributed by atoms with van der Waals surface area (Å²) in [6.45, 7) is 5.69. The molecule has 1 rings (SSSR count). The van der Waals surface area contributed by atoms with Crippen LogP contribution in [0.2, 0.25) is 0 Å². The number of aliphatic carboxylic acids is 1. The summed E-state index contributed by atoms with van der Waals surface area (Å²) in [6.07, 6.45) is 1.56. The van der Waals surface area contributed by atoms with Crippen molar-refractivity contribution in [2.45, 2.75) is 33.4 Å². The van der Waals surface area contributed by atoms with E-state index in [-0.39, 0.29) is 5.92 Å². The van der Waals surface area contributed by atoms with Gasteiger partial charge in [-0.15, -0.1) is 0 Å². The smallest absolute Gasteiger partial charge is 0.326 e. The van der Waals surface area contributed by atoms with Crippen LogP contribution in [-0.2, 0) is 11.3 Å². The molecule has 1 atom stereocenters. The van der Waals surface area contributed by atoms with Crippen molar-refractivity contribution in [2.24, 2.45) is 5.92 Å². The third-order valence-corrected chi connectivity index (χ3v) is 2.93. The molecule has 0 radical (unpaired) electrons. The van der Waals surface area contributed by atoms with Crippen LogP contribution in [0.25, 0.3) is 0 Å². The monoisotopic (exact) mass is 268 g/mol. The predicted octanol–water partition coefficient (Wildman–Crippen LogP) is 1.84. The summed E-state index contributed by atoms with van der Waals surface area (Å²) in [5.41, 5.74) is 0.897. The lowest BCUT2D eigenvalue weighted by Gasteiger charge is -2.23. The van der Waals surface area contributed by atoms with E-state index in [0.717, 1.165) is 11.3 Å². The number of carbonyl (C=O) groups is 2. The van der Waals surface area contributed by atoms with Crippen molar-refractivity contribution in [1.82, 2.24) is 10.2 Å². The van der Waals surface area contributed by atoms with E-state index in [4.69, 9.17) is 9.52 Å². The van der Waals surface area contributed by atoms with Crippen LogP contribution in [0, 0.1) is 12.8 Å². The summed E-state index contributed by atoms with van der Waals surface area (Å²) < 4.78 is 5.15. The quantitative estimate of drug-likeness (QED) is 0.853. The first-order chi connectivity index (χ1) is 8.82. The molecule has 19 heavy (non-hydrogen) atoms. The molecule has 0 aliphatic heterocycles. The fraction of sp³-hybridized carbons (Fsp3) is 0.538. The van der Waals surface area contributed by atoms with Crippen LogP contribution >= 0.6 is 0 Å². The van der Waals surface area contributed by atoms with Crippen LogP contribution < -0.4 is 5.32 Å². The largest absolute Gasteiger partial charge is 0.480 e. The van der Waals surface area contributed by atoms with Crippen LogP contribution in [0.4, 0.5) is 4.79 Å². The van der Waals surface area contributed by atoms with Crippen LogP contribution in [0.1, 0.15) is 25.2 Å². The first kappa shape index (κ1) is 15.1. The highest BCUT2D eigenvalue weighted by Crippen LogP contribution is 2.11. The molecule has 0 bridgehead atoms. The fourth-order valence-corrected chi connectivity index (χ4v) is 1.66. The Morgan fingerprint density at radius 1 is 1.47 bits per heavy atom. The van der Waals surface area contributed by atoms with Crippen molar-refractivity contribution in [3.63, 3.8) is 0 Å². The SMILES string of the molecule is Cc1occc1CN(C)C(=O)N[C@@H](C(=O)O)C(C)C. The zero-order valence-corrected chi connectivity index (χ0v) is 11.6. The molecule has 1 aromatic rings. The Morgan fingerprint density at radius 3 is 2.53 bits per heavy atom. The van der Waals surface area contributed by atoms with Gasteiger partial charge in [-0.05, 0) is 18.9 Å². The third-order valence-electron chi connectivity index (χ3n) is 2.93. The number of nitrogens with one attached hydrogen (secondary N) is 1. The number of carboxylic acid groups (broad SMARTS) is 1. The molecule has 0 aliphatic rings. The number of rotatable bonds is 5. The van der Waals surface area contributed by atoms with Crippen LogP contribution in [0.15, 0.2) is 16.7 Å². The van der Waals surface area contributed by atoms with Crippen LogP contribution in [-0.4, -0.2) is 35.1 Å². The van der Waals surface area contributed by atoms with Gasteiger partial charge in [0.25, 0.3) is 0 Å². The molecule has 0 fully saturated rings. The maximum atomic E-state index is 11.9. The second-order valence-corrected chi connectivity index (χ2v) is 4.87. The molecule has 6 nitrogen and oxygen atoms in total. The number of carboxylic acids is 1. The zero-order valence-electron chi connectivity index (χ0n) is 11.6. The minimum Gasteiger partial charge on any atom is -0.480 e. The Hall–Kier alpha value is -1.98. The zero-order chi connectivity index (χ0) is 14.6. The summed E-state index contributed by atoms with van der Waals surface area (Å²) in [4.78, 5) is 24.4. The standard InChI is InChI=1S/C13H20N2O4/c1-8(2)11(12(16)17)14-13(18)15(4)7-10-5-6-19-9(10)3/h5-6,8,11H,7H2,1-4H3,(H,14,18)(H,16,17)/t11-/m1/s1. The van der Waals surface area contributed by atoms with Gasteiger partial charge in [0, 0.05) is 12.6 Å². The summed E-state index contributed by atoms with van der Waals surface area (Å²) in [6, 6.07) is 0.484. The number of nitrogens with zero attached hydrogens (tertiary/aromatic N) is 1. The lowest BCUT2D eigenvalue weighted by Crippen LogP contribution is -2.48. The fourth-order valence-electron chi connectivity index (χ4n) is 1.66. The number of amides is 2. The van der Waals surface area contributed by atoms with Crippen LogP contribution in [0.5, 0.6) is 0 Å². The Balaban J connectivity index is 2.62. The molecular weight excluding hydrogens is 248 g/mol. The third kappa shape index (κ3) is 4.01. The Bertz CT molecular complexity index is 453. The first-order valence-corrected chi connectivity index (χ1v) is 6.10. The van der Waals surface area contributed by atoms with Crippen molar-refractivity contribution < 1.29 is 19.1 Å². The summed E-state index contributed by atoms with van der Waals surface area (Å²) in [5.74, 6) is -0.458. The number of aryl methyl sites for hydroxylation is 1. The van der Waals surface area contributed by atoms with Gasteiger partial charge in [-0.25, -0.2) is 9.59 Å². The molecule has 2 N–H and O–H groups in total. The van der Waals surface area contributed by atoms with E-state index in [1.807, 2.05) is 6.92 Å². The van der Waals surface area contributed by atoms with Crippen molar-refractivity contribution in [3.05, 3.63) is 23.7 Å². The van der Waals surface area contributed by atoms with E-state index in [1.54, 1.807) is 33.2 Å². The highest BCUT2D eigenvalue weighted by atomic mass is 16.4. The van der Waals surface area contributed by atoms with Crippen molar-refractivity contribution in [3.8, 4) is 0 Å². The summed E-state index contributed by atoms with van der Waals surface area (Å²) >= 11 is 0. The second-order valence-electron chi connectivity index (χ2n) is 4.87. The van der Waals surface area contributed by atoms with Gasteiger partial charge >= 0.3 is 12.0 Å². The van der Waals surface area contributed by atoms with E-state index in [1.165, 1.54) is 4.90 Å². The molecular formula is C13H20N2O4. The van der Waals surface area contributed by atoms with Gasteiger partial charge in [-0.3, -0.25) is 0 Å². The Kier molecular flexibility index (Phi) is 4.97. The Morgan fingerprint density at radius 2 is 2.11 bits per heavy atom. The normalized spacial score (nSPS) is 12.3. The van der Waals surface area contributed by atoms with Crippen molar-refractivity contribution in [2.75, 3.05) is 7.05 Å². The van der Waals surface area contributed by atoms with Crippen molar-refractivity contribution in [1.29, 1.82) is 0 Å². The molecule has 0 spiro atoms. The minimum absolute atomic E-state index is 0.175. The van der Waals surface area contributed by atoms with Gasteiger partial charge < -0.3 is 19.7 Å². The predicted molar refractivity (Wildman–Crippen MR) is 69.7 cm³/mol. The van der Waals surface area contributed by atoms with Gasteiger partial charge in [0.05, 0.1) is 12.8 Å². The first-order valence-electron chi connectivity index (χ1n) is 6.10. The molecule has 0 unspecified atom stereocenters. The summed E-state index contributed by atoms with van der Waals surface area (Å²) in [5, 5.41) is 11.5. The van der Waals surface area contributed by atoms with E-state index in [2.05, 4.69) is 5.32 Å². The molecule has 1 aromatic heterocycles. The molecule has 2 amide bonds. The molecule has 0 saturated heterocycles. The number of urea groups is 1. The molecule has 6 heteroatoms. The Labute approximate surface area is 112 Å². The molecule has 1 heterocycles. The molecule has 0 saturated carbocycles. The van der Waals surface area contributed by atoms with Crippen molar-refractivity contribution >= 4 is 12.0 Å². The van der Waals surface area contributed by atoms with Crippen LogP contribution in [0.3, 0.4) is 0 Å². The van der Waals surface area contributed by atoms with Gasteiger partial charge in [-0.2, -0.15) is 0 Å². The lowest BCUT2D eigenvalue weighted by molar-refractivity contribution is -0.140. The molecule has 106 valence electrons. The van der Waals surface area contributed by atoms with Gasteiger partial charge in [0.1, 0.15) is 11.8 Å².